The Labute approximate surface area is 204 Å². The Morgan fingerprint density at radius 1 is 1.14 bits per heavy atom. The van der Waals surface area contributed by atoms with Crippen molar-refractivity contribution < 1.29 is 29.0 Å². The Morgan fingerprint density at radius 3 is 2.46 bits per heavy atom. The van der Waals surface area contributed by atoms with E-state index in [2.05, 4.69) is 5.32 Å². The molecule has 0 unspecified atom stereocenters. The number of ether oxygens (including phenoxy) is 1. The fourth-order valence-electron chi connectivity index (χ4n) is 4.02. The van der Waals surface area contributed by atoms with Crippen LogP contribution in [0.2, 0.25) is 0 Å². The highest BCUT2D eigenvalue weighted by Crippen LogP contribution is 2.32. The maximum Gasteiger partial charge on any atom is 0.306 e. The van der Waals surface area contributed by atoms with E-state index in [1.54, 1.807) is 32.9 Å². The van der Waals surface area contributed by atoms with E-state index in [-0.39, 0.29) is 30.6 Å². The van der Waals surface area contributed by atoms with Gasteiger partial charge in [-0.1, -0.05) is 24.3 Å². The maximum atomic E-state index is 13.3. The monoisotopic (exact) mass is 481 g/mol. The molecule has 0 bridgehead atoms. The molecule has 0 fully saturated rings. The number of imide groups is 1. The summed E-state index contributed by atoms with van der Waals surface area (Å²) in [6.07, 6.45) is -0.304. The summed E-state index contributed by atoms with van der Waals surface area (Å²) in [5.74, 6) is -2.71. The SMILES string of the molecule is Cc1cc(CO)ccc1CNc1cccc2c1C(=O)N([C@@H](CCC(=O)OC(C)(C)C)C(N)=O)C2=O. The number of rotatable bonds is 9. The largest absolute Gasteiger partial charge is 0.460 e. The second-order valence-electron chi connectivity index (χ2n) is 9.52. The molecule has 0 radical (unpaired) electrons. The molecule has 0 saturated heterocycles. The molecule has 0 aromatic heterocycles. The van der Waals surface area contributed by atoms with Crippen LogP contribution in [0.25, 0.3) is 0 Å². The molecular formula is C26H31N3O6. The van der Waals surface area contributed by atoms with Crippen molar-refractivity contribution in [3.63, 3.8) is 0 Å². The number of nitrogens with zero attached hydrogens (tertiary/aromatic N) is 1. The molecule has 3 rings (SSSR count). The van der Waals surface area contributed by atoms with Crippen LogP contribution >= 0.6 is 0 Å². The van der Waals surface area contributed by atoms with Gasteiger partial charge in [0.25, 0.3) is 11.8 Å². The molecule has 0 spiro atoms. The molecule has 1 atom stereocenters. The number of benzene rings is 2. The summed E-state index contributed by atoms with van der Waals surface area (Å²) in [6, 6.07) is 9.16. The molecule has 9 nitrogen and oxygen atoms in total. The van der Waals surface area contributed by atoms with Crippen LogP contribution in [-0.4, -0.2) is 45.3 Å². The van der Waals surface area contributed by atoms with Crippen LogP contribution in [0.15, 0.2) is 36.4 Å². The fourth-order valence-corrected chi connectivity index (χ4v) is 4.02. The van der Waals surface area contributed by atoms with E-state index < -0.39 is 35.3 Å². The van der Waals surface area contributed by atoms with Crippen molar-refractivity contribution in [1.82, 2.24) is 4.90 Å². The van der Waals surface area contributed by atoms with E-state index in [0.29, 0.717) is 12.2 Å². The second-order valence-corrected chi connectivity index (χ2v) is 9.52. The van der Waals surface area contributed by atoms with E-state index in [4.69, 9.17) is 10.5 Å². The number of fused-ring (bicyclic) bond motifs is 1. The molecule has 0 saturated carbocycles. The smallest absolute Gasteiger partial charge is 0.306 e. The summed E-state index contributed by atoms with van der Waals surface area (Å²) in [6.45, 7) is 7.41. The number of hydrogen-bond acceptors (Lipinski definition) is 7. The van der Waals surface area contributed by atoms with E-state index in [9.17, 15) is 24.3 Å². The Bertz CT molecular complexity index is 1170. The van der Waals surface area contributed by atoms with Gasteiger partial charge in [0.05, 0.1) is 17.7 Å². The van der Waals surface area contributed by atoms with Gasteiger partial charge in [-0.25, -0.2) is 0 Å². The molecule has 2 aromatic carbocycles. The minimum absolute atomic E-state index is 0.0534. The van der Waals surface area contributed by atoms with Gasteiger partial charge >= 0.3 is 5.97 Å². The summed E-state index contributed by atoms with van der Waals surface area (Å²) in [5, 5.41) is 12.5. The Kier molecular flexibility index (Phi) is 7.60. The number of carbonyl (C=O) groups excluding carboxylic acids is 4. The second kappa shape index (κ2) is 10.3. The van der Waals surface area contributed by atoms with Crippen molar-refractivity contribution in [3.8, 4) is 0 Å². The molecular weight excluding hydrogens is 450 g/mol. The lowest BCUT2D eigenvalue weighted by molar-refractivity contribution is -0.155. The van der Waals surface area contributed by atoms with Crippen molar-refractivity contribution in [2.75, 3.05) is 5.32 Å². The van der Waals surface area contributed by atoms with E-state index >= 15 is 0 Å². The average molecular weight is 482 g/mol. The molecule has 4 N–H and O–H groups in total. The number of esters is 1. The molecule has 35 heavy (non-hydrogen) atoms. The Morgan fingerprint density at radius 2 is 1.86 bits per heavy atom. The van der Waals surface area contributed by atoms with Gasteiger partial charge in [0.2, 0.25) is 5.91 Å². The van der Waals surface area contributed by atoms with Gasteiger partial charge in [-0.2, -0.15) is 0 Å². The summed E-state index contributed by atoms with van der Waals surface area (Å²) in [5.41, 5.74) is 8.33. The van der Waals surface area contributed by atoms with Gasteiger partial charge in [0.15, 0.2) is 0 Å². The molecule has 1 heterocycles. The average Bonchev–Trinajstić information content (AvgIpc) is 3.02. The normalized spacial score (nSPS) is 14.0. The van der Waals surface area contributed by atoms with Crippen molar-refractivity contribution in [3.05, 3.63) is 64.2 Å². The van der Waals surface area contributed by atoms with E-state index in [0.717, 1.165) is 21.6 Å². The quantitative estimate of drug-likeness (QED) is 0.370. The zero-order valence-electron chi connectivity index (χ0n) is 20.4. The summed E-state index contributed by atoms with van der Waals surface area (Å²) >= 11 is 0. The maximum absolute atomic E-state index is 13.3. The Hall–Kier alpha value is -3.72. The number of primary amides is 1. The topological polar surface area (TPSA) is 139 Å². The predicted octanol–water partition coefficient (Wildman–Crippen LogP) is 2.67. The van der Waals surface area contributed by atoms with Crippen LogP contribution in [0.1, 0.15) is 71.0 Å². The lowest BCUT2D eigenvalue weighted by Gasteiger charge is -2.24. The molecule has 2 aromatic rings. The number of aryl methyl sites for hydroxylation is 1. The van der Waals surface area contributed by atoms with E-state index in [1.807, 2.05) is 25.1 Å². The molecule has 0 aliphatic carbocycles. The first-order valence-electron chi connectivity index (χ1n) is 11.4. The van der Waals surface area contributed by atoms with Crippen molar-refractivity contribution in [1.29, 1.82) is 0 Å². The first kappa shape index (κ1) is 25.9. The van der Waals surface area contributed by atoms with Crippen LogP contribution in [0, 0.1) is 6.92 Å². The number of nitrogens with two attached hydrogens (primary N) is 1. The molecule has 3 amide bonds. The minimum Gasteiger partial charge on any atom is -0.460 e. The number of hydrogen-bond donors (Lipinski definition) is 3. The third kappa shape index (κ3) is 5.86. The van der Waals surface area contributed by atoms with Gasteiger partial charge in [-0.15, -0.1) is 0 Å². The van der Waals surface area contributed by atoms with Crippen LogP contribution in [-0.2, 0) is 27.5 Å². The predicted molar refractivity (Wildman–Crippen MR) is 129 cm³/mol. The van der Waals surface area contributed by atoms with Crippen molar-refractivity contribution in [2.45, 2.75) is 65.3 Å². The lowest BCUT2D eigenvalue weighted by Crippen LogP contribution is -2.48. The van der Waals surface area contributed by atoms with Gasteiger partial charge < -0.3 is 20.9 Å². The van der Waals surface area contributed by atoms with Gasteiger partial charge in [-0.3, -0.25) is 24.1 Å². The van der Waals surface area contributed by atoms with Crippen molar-refractivity contribution in [2.24, 2.45) is 5.73 Å². The highest BCUT2D eigenvalue weighted by atomic mass is 16.6. The molecule has 9 heteroatoms. The summed E-state index contributed by atoms with van der Waals surface area (Å²) in [7, 11) is 0. The molecule has 1 aliphatic rings. The first-order chi connectivity index (χ1) is 16.4. The van der Waals surface area contributed by atoms with Crippen molar-refractivity contribution >= 4 is 29.4 Å². The van der Waals surface area contributed by atoms with Gasteiger partial charge in [-0.05, 0) is 62.9 Å². The number of anilines is 1. The Balaban J connectivity index is 1.80. The standard InChI is InChI=1S/C26H31N3O6/c1-15-12-16(14-30)8-9-17(15)13-28-19-7-5-6-18-22(19)25(34)29(24(18)33)20(23(27)32)10-11-21(31)35-26(2,3)4/h5-9,12,20,28,30H,10-11,13-14H2,1-4H3,(H2,27,32)/t20-/m0/s1. The van der Waals surface area contributed by atoms with Crippen LogP contribution in [0.4, 0.5) is 5.69 Å². The lowest BCUT2D eigenvalue weighted by atomic mass is 10.0. The number of amides is 3. The highest BCUT2D eigenvalue weighted by molar-refractivity contribution is 6.25. The minimum atomic E-state index is -1.28. The molecule has 1 aliphatic heterocycles. The zero-order chi connectivity index (χ0) is 25.9. The fraction of sp³-hybridized carbons (Fsp3) is 0.385. The molecule has 186 valence electrons. The highest BCUT2D eigenvalue weighted by Gasteiger charge is 2.43. The first-order valence-corrected chi connectivity index (χ1v) is 11.4. The summed E-state index contributed by atoms with van der Waals surface area (Å²) < 4.78 is 5.26. The van der Waals surface area contributed by atoms with Crippen LogP contribution < -0.4 is 11.1 Å². The van der Waals surface area contributed by atoms with Crippen LogP contribution in [0.3, 0.4) is 0 Å². The number of carbonyl (C=O) groups is 4. The third-order valence-electron chi connectivity index (χ3n) is 5.69. The van der Waals surface area contributed by atoms with E-state index in [1.165, 1.54) is 6.07 Å². The number of aliphatic hydroxyl groups is 1. The van der Waals surface area contributed by atoms with Gasteiger partial charge in [0.1, 0.15) is 11.6 Å². The van der Waals surface area contributed by atoms with Gasteiger partial charge in [0, 0.05) is 18.7 Å². The summed E-state index contributed by atoms with van der Waals surface area (Å²) in [4.78, 5) is 51.6. The van der Waals surface area contributed by atoms with Crippen LogP contribution in [0.5, 0.6) is 0 Å². The number of aliphatic hydroxyl groups excluding tert-OH is 1. The number of nitrogens with one attached hydrogen (secondary N) is 1. The third-order valence-corrected chi connectivity index (χ3v) is 5.69. The zero-order valence-corrected chi connectivity index (χ0v) is 20.4.